The second-order valence-electron chi connectivity index (χ2n) is 7.26. The summed E-state index contributed by atoms with van der Waals surface area (Å²) in [5.74, 6) is -0.770. The van der Waals surface area contributed by atoms with Crippen molar-refractivity contribution in [2.75, 3.05) is 4.31 Å². The maximum Gasteiger partial charge on any atom is 0.329 e. The highest BCUT2D eigenvalue weighted by Gasteiger charge is 2.42. The molecule has 1 heterocycles. The number of rotatable bonds is 4. The molecule has 5 nitrogen and oxygen atoms in total. The lowest BCUT2D eigenvalue weighted by molar-refractivity contribution is 0.0851. The maximum atomic E-state index is 13.8. The molecule has 1 aliphatic heterocycles. The van der Waals surface area contributed by atoms with Gasteiger partial charge in [0.05, 0.1) is 64.5 Å². The van der Waals surface area contributed by atoms with Gasteiger partial charge in [0.1, 0.15) is 0 Å². The first-order chi connectivity index (χ1) is 16.4. The Bertz CT molecular complexity index is 1500. The van der Waals surface area contributed by atoms with Crippen LogP contribution in [0.15, 0.2) is 36.4 Å². The zero-order valence-corrected chi connectivity index (χ0v) is 23.8. The molecule has 3 aromatic rings. The molecule has 0 aliphatic carbocycles. The van der Waals surface area contributed by atoms with Crippen LogP contribution in [0.3, 0.4) is 0 Å². The van der Waals surface area contributed by atoms with E-state index in [1.807, 2.05) is 0 Å². The molecule has 14 heteroatoms. The fourth-order valence-corrected chi connectivity index (χ4v) is 6.82. The van der Waals surface area contributed by atoms with Crippen molar-refractivity contribution in [3.63, 3.8) is 0 Å². The number of nitrogens with zero attached hydrogens (tertiary/aromatic N) is 2. The molecular weight excluding hydrogens is 644 g/mol. The van der Waals surface area contributed by atoms with Crippen LogP contribution in [0.2, 0.25) is 40.2 Å². The third-order valence-electron chi connectivity index (χ3n) is 5.17. The zero-order valence-electron chi connectivity index (χ0n) is 16.9. The number of hydrogen-bond acceptors (Lipinski definition) is 3. The summed E-state index contributed by atoms with van der Waals surface area (Å²) < 4.78 is 29.2. The molecule has 0 unspecified atom stereocenters. The van der Waals surface area contributed by atoms with E-state index in [0.29, 0.717) is 4.31 Å². The van der Waals surface area contributed by atoms with Gasteiger partial charge in [0.25, 0.3) is 5.91 Å². The van der Waals surface area contributed by atoms with Crippen molar-refractivity contribution in [3.05, 3.63) is 93.3 Å². The molecule has 3 aromatic carbocycles. The lowest BCUT2D eigenvalue weighted by Crippen LogP contribution is -2.50. The summed E-state index contributed by atoms with van der Waals surface area (Å²) in [6, 6.07) is 8.96. The smallest absolute Gasteiger partial charge is 0.268 e. The van der Waals surface area contributed by atoms with Crippen LogP contribution in [0.4, 0.5) is 5.69 Å². The van der Waals surface area contributed by atoms with E-state index >= 15 is 0 Å². The Morgan fingerprint density at radius 2 is 1.09 bits per heavy atom. The van der Waals surface area contributed by atoms with Gasteiger partial charge in [0.2, 0.25) is 0 Å². The van der Waals surface area contributed by atoms with Gasteiger partial charge in [-0.3, -0.25) is 4.79 Å². The third kappa shape index (κ3) is 4.78. The topological polar surface area (TPSA) is 57.7 Å². The molecule has 0 aromatic heterocycles. The third-order valence-corrected chi connectivity index (χ3v) is 10.5. The largest absolute Gasteiger partial charge is 0.329 e. The highest BCUT2D eigenvalue weighted by atomic mass is 35.5. The summed E-state index contributed by atoms with van der Waals surface area (Å²) in [6.07, 6.45) is 0. The van der Waals surface area contributed by atoms with Gasteiger partial charge in [-0.05, 0) is 35.4 Å². The van der Waals surface area contributed by atoms with E-state index < -0.39 is 22.7 Å². The van der Waals surface area contributed by atoms with Crippen molar-refractivity contribution < 1.29 is 13.2 Å². The van der Waals surface area contributed by atoms with Crippen molar-refractivity contribution in [2.24, 2.45) is 0 Å². The highest BCUT2D eigenvalue weighted by Crippen LogP contribution is 2.43. The summed E-state index contributed by atoms with van der Waals surface area (Å²) in [5, 5.41) is 0.0810. The zero-order chi connectivity index (χ0) is 25.8. The Labute approximate surface area is 241 Å². The number of carbonyl (C=O) groups is 1. The summed E-state index contributed by atoms with van der Waals surface area (Å²) in [6.45, 7) is -0.758. The molecule has 0 atom stereocenters. The molecule has 0 N–H and O–H groups in total. The minimum atomic E-state index is -4.47. The van der Waals surface area contributed by atoms with Crippen LogP contribution in [0, 0.1) is 0 Å². The molecule has 0 spiro atoms. The van der Waals surface area contributed by atoms with Gasteiger partial charge in [0.15, 0.2) is 0 Å². The molecule has 1 amide bonds. The van der Waals surface area contributed by atoms with E-state index in [4.69, 9.17) is 92.8 Å². The van der Waals surface area contributed by atoms with Crippen LogP contribution in [-0.4, -0.2) is 18.6 Å². The number of para-hydroxylation sites is 1. The van der Waals surface area contributed by atoms with Gasteiger partial charge in [0, 0.05) is 0 Å². The van der Waals surface area contributed by atoms with Crippen molar-refractivity contribution >= 4 is 115 Å². The number of halogens is 8. The van der Waals surface area contributed by atoms with Crippen LogP contribution in [0.1, 0.15) is 21.5 Å². The predicted octanol–water partition coefficient (Wildman–Crippen LogP) is 8.82. The van der Waals surface area contributed by atoms with E-state index in [1.165, 1.54) is 24.3 Å². The van der Waals surface area contributed by atoms with Gasteiger partial charge in [-0.1, -0.05) is 105 Å². The van der Waals surface area contributed by atoms with E-state index in [2.05, 4.69) is 0 Å². The highest BCUT2D eigenvalue weighted by molar-refractivity contribution is 7.91. The van der Waals surface area contributed by atoms with E-state index in [1.54, 1.807) is 12.1 Å². The van der Waals surface area contributed by atoms with Crippen LogP contribution in [-0.2, 0) is 23.3 Å². The molecule has 184 valence electrons. The standard InChI is InChI=1S/C21H10Cl8N2O3S/c22-12-5-9(15(24)19(28)17(12)26)7-30-14-4-2-1-3-11(14)21(32)31(35(30,33)34)8-10-6-13(23)18(27)20(29)16(10)25/h1-6H,7-8H2. The van der Waals surface area contributed by atoms with Gasteiger partial charge >= 0.3 is 10.2 Å². The first kappa shape index (κ1) is 27.2. The molecule has 0 bridgehead atoms. The van der Waals surface area contributed by atoms with E-state index in [-0.39, 0.29) is 69.1 Å². The quantitative estimate of drug-likeness (QED) is 0.209. The van der Waals surface area contributed by atoms with Crippen molar-refractivity contribution in [1.29, 1.82) is 0 Å². The first-order valence-electron chi connectivity index (χ1n) is 9.43. The van der Waals surface area contributed by atoms with Gasteiger partial charge in [-0.15, -0.1) is 0 Å². The second kappa shape index (κ2) is 10.2. The van der Waals surface area contributed by atoms with E-state index in [9.17, 15) is 13.2 Å². The molecule has 0 fully saturated rings. The van der Waals surface area contributed by atoms with Crippen LogP contribution >= 0.6 is 92.8 Å². The number of hydrogen-bond donors (Lipinski definition) is 0. The average Bonchev–Trinajstić information content (AvgIpc) is 2.82. The Hall–Kier alpha value is -0.800. The average molecular weight is 654 g/mol. The Kier molecular flexibility index (Phi) is 7.91. The monoisotopic (exact) mass is 650 g/mol. The fourth-order valence-electron chi connectivity index (χ4n) is 3.46. The lowest BCUT2D eigenvalue weighted by atomic mass is 10.1. The normalized spacial score (nSPS) is 14.9. The molecule has 1 aliphatic rings. The van der Waals surface area contributed by atoms with Crippen LogP contribution in [0.5, 0.6) is 0 Å². The minimum Gasteiger partial charge on any atom is -0.268 e. The number of fused-ring (bicyclic) bond motifs is 1. The Morgan fingerprint density at radius 3 is 1.60 bits per heavy atom. The van der Waals surface area contributed by atoms with Crippen LogP contribution < -0.4 is 4.31 Å². The van der Waals surface area contributed by atoms with Crippen molar-refractivity contribution in [2.45, 2.75) is 13.1 Å². The molecule has 35 heavy (non-hydrogen) atoms. The summed E-state index contributed by atoms with van der Waals surface area (Å²) in [7, 11) is -4.47. The fraction of sp³-hybridized carbons (Fsp3) is 0.0952. The molecule has 0 saturated carbocycles. The minimum absolute atomic E-state index is 0.00743. The van der Waals surface area contributed by atoms with Crippen LogP contribution in [0.25, 0.3) is 0 Å². The first-order valence-corrected chi connectivity index (χ1v) is 13.9. The molecule has 0 saturated heterocycles. The van der Waals surface area contributed by atoms with Crippen molar-refractivity contribution in [3.8, 4) is 0 Å². The summed E-state index contributed by atoms with van der Waals surface area (Å²) in [4.78, 5) is 13.3. The molecule has 0 radical (unpaired) electrons. The summed E-state index contributed by atoms with van der Waals surface area (Å²) >= 11 is 49.2. The van der Waals surface area contributed by atoms with E-state index in [0.717, 1.165) is 4.31 Å². The summed E-state index contributed by atoms with van der Waals surface area (Å²) in [5.41, 5.74) is 0.726. The number of amides is 1. The number of benzene rings is 3. The second-order valence-corrected chi connectivity index (χ2v) is 12.1. The lowest BCUT2D eigenvalue weighted by Gasteiger charge is -2.37. The molecule has 4 rings (SSSR count). The maximum absolute atomic E-state index is 13.8. The Balaban J connectivity index is 1.85. The van der Waals surface area contributed by atoms with Gasteiger partial charge in [-0.2, -0.15) is 8.42 Å². The van der Waals surface area contributed by atoms with Crippen molar-refractivity contribution in [1.82, 2.24) is 4.31 Å². The number of carbonyl (C=O) groups excluding carboxylic acids is 1. The predicted molar refractivity (Wildman–Crippen MR) is 144 cm³/mol. The van der Waals surface area contributed by atoms with Gasteiger partial charge in [-0.25, -0.2) is 8.61 Å². The van der Waals surface area contributed by atoms with Gasteiger partial charge < -0.3 is 0 Å². The SMILES string of the molecule is O=C1c2ccccc2N(Cc2cc(Cl)c(Cl)c(Cl)c2Cl)S(=O)(=O)N1Cc1cc(Cl)c(Cl)c(Cl)c1Cl. The number of anilines is 1. The Morgan fingerprint density at radius 1 is 0.629 bits per heavy atom. The molecular formula is C21H10Cl8N2O3S.